The Bertz CT molecular complexity index is 939. The molecule has 9 heteroatoms. The van der Waals surface area contributed by atoms with Gasteiger partial charge in [0.15, 0.2) is 0 Å². The van der Waals surface area contributed by atoms with Gasteiger partial charge in [0.2, 0.25) is 20.0 Å². The normalized spacial score (nSPS) is 13.6. The first-order valence-corrected chi connectivity index (χ1v) is 10.4. The van der Waals surface area contributed by atoms with Crippen LogP contribution >= 0.6 is 0 Å². The number of aliphatic hydroxyl groups excluding tert-OH is 1. The Hall–Kier alpha value is -1.78. The number of rotatable bonds is 7. The van der Waals surface area contributed by atoms with Crippen LogP contribution < -0.4 is 9.44 Å². The highest BCUT2D eigenvalue weighted by Crippen LogP contribution is 2.17. The van der Waals surface area contributed by atoms with Gasteiger partial charge in [0.1, 0.15) is 6.23 Å². The molecule has 3 N–H and O–H groups in total. The molecule has 7 nitrogen and oxygen atoms in total. The van der Waals surface area contributed by atoms with Crippen molar-refractivity contribution in [3.63, 3.8) is 0 Å². The zero-order valence-corrected chi connectivity index (χ0v) is 15.4. The molecule has 0 fully saturated rings. The SMILES string of the molecule is CNS(=O)(=O)c1ccccc1CC(O)NS(=O)(=O)c1ccc(C)cc1. The predicted molar refractivity (Wildman–Crippen MR) is 93.9 cm³/mol. The summed E-state index contributed by atoms with van der Waals surface area (Å²) < 4.78 is 52.9. The van der Waals surface area contributed by atoms with E-state index >= 15 is 0 Å². The lowest BCUT2D eigenvalue weighted by atomic mass is 10.1. The quantitative estimate of drug-likeness (QED) is 0.610. The van der Waals surface area contributed by atoms with Gasteiger partial charge < -0.3 is 5.11 Å². The van der Waals surface area contributed by atoms with Gasteiger partial charge in [-0.3, -0.25) is 0 Å². The van der Waals surface area contributed by atoms with Gasteiger partial charge in [-0.1, -0.05) is 35.9 Å². The molecule has 0 aliphatic heterocycles. The molecule has 0 spiro atoms. The fraction of sp³-hybridized carbons (Fsp3) is 0.250. The third-order valence-electron chi connectivity index (χ3n) is 3.57. The highest BCUT2D eigenvalue weighted by molar-refractivity contribution is 7.89. The largest absolute Gasteiger partial charge is 0.377 e. The Morgan fingerprint density at radius 2 is 1.56 bits per heavy atom. The fourth-order valence-electron chi connectivity index (χ4n) is 2.26. The average Bonchev–Trinajstić information content (AvgIpc) is 2.55. The number of hydrogen-bond acceptors (Lipinski definition) is 5. The average molecular weight is 384 g/mol. The molecule has 0 aromatic heterocycles. The third kappa shape index (κ3) is 4.86. The number of aliphatic hydroxyl groups is 1. The van der Waals surface area contributed by atoms with Gasteiger partial charge in [0, 0.05) is 6.42 Å². The van der Waals surface area contributed by atoms with E-state index in [-0.39, 0.29) is 16.2 Å². The molecule has 0 amide bonds. The van der Waals surface area contributed by atoms with Crippen LogP contribution in [0.4, 0.5) is 0 Å². The van der Waals surface area contributed by atoms with Crippen LogP contribution in [0.2, 0.25) is 0 Å². The summed E-state index contributed by atoms with van der Waals surface area (Å²) in [5.41, 5.74) is 1.21. The van der Waals surface area contributed by atoms with E-state index in [4.69, 9.17) is 0 Å². The van der Waals surface area contributed by atoms with Crippen LogP contribution in [0.3, 0.4) is 0 Å². The van der Waals surface area contributed by atoms with Crippen molar-refractivity contribution in [1.29, 1.82) is 0 Å². The molecular weight excluding hydrogens is 364 g/mol. The van der Waals surface area contributed by atoms with Crippen LogP contribution in [0.5, 0.6) is 0 Å². The van der Waals surface area contributed by atoms with Crippen LogP contribution in [-0.2, 0) is 26.5 Å². The van der Waals surface area contributed by atoms with Gasteiger partial charge in [-0.05, 0) is 37.7 Å². The third-order valence-corrected chi connectivity index (χ3v) is 6.56. The molecule has 0 saturated carbocycles. The second-order valence-corrected chi connectivity index (χ2v) is 9.04. The van der Waals surface area contributed by atoms with Gasteiger partial charge in [-0.15, -0.1) is 0 Å². The number of sulfonamides is 2. The van der Waals surface area contributed by atoms with Crippen molar-refractivity contribution in [2.45, 2.75) is 29.4 Å². The van der Waals surface area contributed by atoms with Gasteiger partial charge in [-0.25, -0.2) is 21.6 Å². The minimum Gasteiger partial charge on any atom is -0.377 e. The topological polar surface area (TPSA) is 113 Å². The Morgan fingerprint density at radius 1 is 0.960 bits per heavy atom. The first kappa shape index (κ1) is 19.5. The van der Waals surface area contributed by atoms with E-state index in [1.54, 1.807) is 24.3 Å². The maximum atomic E-state index is 12.3. The standard InChI is InChI=1S/C16H20N2O5S2/c1-12-7-9-14(10-8-12)24(20,21)18-16(19)11-13-5-3-4-6-15(13)25(22,23)17-2/h3-10,16-19H,11H2,1-2H3. The molecule has 0 bridgehead atoms. The first-order valence-electron chi connectivity index (χ1n) is 7.44. The maximum Gasteiger partial charge on any atom is 0.242 e. The molecule has 1 atom stereocenters. The van der Waals surface area contributed by atoms with E-state index in [0.717, 1.165) is 5.56 Å². The van der Waals surface area contributed by atoms with E-state index in [9.17, 15) is 21.9 Å². The minimum absolute atomic E-state index is 0.00826. The smallest absolute Gasteiger partial charge is 0.242 e. The molecule has 25 heavy (non-hydrogen) atoms. The zero-order valence-electron chi connectivity index (χ0n) is 13.8. The van der Waals surface area contributed by atoms with Gasteiger partial charge in [0.25, 0.3) is 0 Å². The summed E-state index contributed by atoms with van der Waals surface area (Å²) in [4.78, 5) is 0.0133. The van der Waals surface area contributed by atoms with Crippen molar-refractivity contribution in [3.05, 3.63) is 59.7 Å². The molecule has 0 aliphatic carbocycles. The van der Waals surface area contributed by atoms with Crippen molar-refractivity contribution in [1.82, 2.24) is 9.44 Å². The monoisotopic (exact) mass is 384 g/mol. The Kier molecular flexibility index (Phi) is 5.96. The van der Waals surface area contributed by atoms with E-state index in [2.05, 4.69) is 9.44 Å². The Balaban J connectivity index is 2.21. The summed E-state index contributed by atoms with van der Waals surface area (Å²) >= 11 is 0. The number of benzene rings is 2. The second-order valence-electron chi connectivity index (χ2n) is 5.47. The van der Waals surface area contributed by atoms with Crippen LogP contribution in [0, 0.1) is 6.92 Å². The zero-order chi connectivity index (χ0) is 18.7. The fourth-order valence-corrected chi connectivity index (χ4v) is 4.31. The predicted octanol–water partition coefficient (Wildman–Crippen LogP) is 0.743. The van der Waals surface area contributed by atoms with Crippen molar-refractivity contribution in [2.75, 3.05) is 7.05 Å². The number of hydrogen-bond donors (Lipinski definition) is 3. The maximum absolute atomic E-state index is 12.3. The van der Waals surface area contributed by atoms with Crippen LogP contribution in [-0.4, -0.2) is 35.2 Å². The molecule has 2 aromatic rings. The highest BCUT2D eigenvalue weighted by atomic mass is 32.2. The van der Waals surface area contributed by atoms with Crippen LogP contribution in [0.25, 0.3) is 0 Å². The summed E-state index contributed by atoms with van der Waals surface area (Å²) in [7, 11) is -6.35. The molecule has 136 valence electrons. The van der Waals surface area contributed by atoms with Crippen LogP contribution in [0.1, 0.15) is 11.1 Å². The second kappa shape index (κ2) is 7.63. The summed E-state index contributed by atoms with van der Waals surface area (Å²) in [5.74, 6) is 0. The van der Waals surface area contributed by atoms with Crippen molar-refractivity contribution in [2.24, 2.45) is 0 Å². The van der Waals surface area contributed by atoms with E-state index in [0.29, 0.717) is 5.56 Å². The minimum atomic E-state index is -3.92. The van der Waals surface area contributed by atoms with Crippen molar-refractivity contribution >= 4 is 20.0 Å². The molecule has 0 radical (unpaired) electrons. The Labute approximate surface area is 147 Å². The van der Waals surface area contributed by atoms with Crippen molar-refractivity contribution in [3.8, 4) is 0 Å². The summed E-state index contributed by atoms with van der Waals surface area (Å²) in [6.45, 7) is 1.83. The van der Waals surface area contributed by atoms with Gasteiger partial charge >= 0.3 is 0 Å². The first-order chi connectivity index (χ1) is 11.7. The molecule has 1 unspecified atom stereocenters. The van der Waals surface area contributed by atoms with E-state index in [1.165, 1.54) is 31.3 Å². The van der Waals surface area contributed by atoms with E-state index < -0.39 is 26.3 Å². The number of nitrogens with one attached hydrogen (secondary N) is 2. The van der Waals surface area contributed by atoms with Gasteiger partial charge in [-0.2, -0.15) is 4.72 Å². The molecule has 0 heterocycles. The molecule has 0 aliphatic rings. The number of aryl methyl sites for hydroxylation is 1. The van der Waals surface area contributed by atoms with E-state index in [1.807, 2.05) is 6.92 Å². The molecule has 2 rings (SSSR count). The summed E-state index contributed by atoms with van der Waals surface area (Å²) in [6.07, 6.45) is -1.66. The molecule has 0 saturated heterocycles. The Morgan fingerprint density at radius 3 is 2.16 bits per heavy atom. The van der Waals surface area contributed by atoms with Crippen LogP contribution in [0.15, 0.2) is 58.3 Å². The van der Waals surface area contributed by atoms with Crippen molar-refractivity contribution < 1.29 is 21.9 Å². The van der Waals surface area contributed by atoms with Gasteiger partial charge in [0.05, 0.1) is 9.79 Å². The lowest BCUT2D eigenvalue weighted by molar-refractivity contribution is 0.163. The lowest BCUT2D eigenvalue weighted by Crippen LogP contribution is -2.36. The molecular formula is C16H20N2O5S2. The summed E-state index contributed by atoms with van der Waals surface area (Å²) in [6, 6.07) is 12.2. The lowest BCUT2D eigenvalue weighted by Gasteiger charge is -2.16. The molecule has 2 aromatic carbocycles. The summed E-state index contributed by atoms with van der Waals surface area (Å²) in [5, 5.41) is 10.1. The highest BCUT2D eigenvalue weighted by Gasteiger charge is 2.22.